The smallest absolute Gasteiger partial charge is 0.267 e. The van der Waals surface area contributed by atoms with E-state index in [9.17, 15) is 9.46 Å². The molecule has 0 saturated carbocycles. The lowest BCUT2D eigenvalue weighted by molar-refractivity contribution is -0.368. The maximum absolute atomic E-state index is 9.95. The van der Waals surface area contributed by atoms with Gasteiger partial charge in [0, 0.05) is 14.2 Å². The Morgan fingerprint density at radius 3 is 1.43 bits per heavy atom. The minimum atomic E-state index is -3.90. The molecule has 0 saturated heterocycles. The lowest BCUT2D eigenvalue weighted by atomic mass is 9.89. The fourth-order valence-electron chi connectivity index (χ4n) is 2.14. The molecule has 0 amide bonds. The molecule has 0 unspecified atom stereocenters. The van der Waals surface area contributed by atoms with E-state index in [1.54, 1.807) is 0 Å². The van der Waals surface area contributed by atoms with Gasteiger partial charge in [0.1, 0.15) is 0 Å². The third kappa shape index (κ3) is 24.4. The first-order valence-electron chi connectivity index (χ1n) is 8.90. The molecule has 0 aromatic carbocycles. The van der Waals surface area contributed by atoms with Gasteiger partial charge in [0.15, 0.2) is 0 Å². The molecule has 3 N–H and O–H groups in total. The van der Waals surface area contributed by atoms with Crippen LogP contribution in [0, 0.1) is 5.41 Å². The zero-order valence-electron chi connectivity index (χ0n) is 16.1. The van der Waals surface area contributed by atoms with E-state index in [1.807, 2.05) is 0 Å². The maximum Gasteiger partial charge on any atom is 0.267 e. The normalized spacial score (nSPS) is 12.0. The Morgan fingerprint density at radius 1 is 0.826 bits per heavy atom. The van der Waals surface area contributed by atoms with E-state index < -0.39 is 7.82 Å². The molecular formula is C17H40NO4P. The summed E-state index contributed by atoms with van der Waals surface area (Å²) in [5.41, 5.74) is 4.41. The summed E-state index contributed by atoms with van der Waals surface area (Å²) in [6, 6.07) is 0. The molecule has 0 radical (unpaired) electrons. The van der Waals surface area contributed by atoms with Gasteiger partial charge in [-0.2, -0.15) is 0 Å². The Bertz CT molecular complexity index is 285. The van der Waals surface area contributed by atoms with Gasteiger partial charge in [0.05, 0.1) is 6.54 Å². The van der Waals surface area contributed by atoms with Gasteiger partial charge in [-0.3, -0.25) is 4.57 Å². The zero-order chi connectivity index (χ0) is 18.2. The molecule has 0 aliphatic rings. The SMILES string of the molecule is CC(C)(C)CCCCCCCCCCC[NH3+].COP(=O)([O-])OC. The predicted octanol–water partition coefficient (Wildman–Crippen LogP) is 3.92. The molecule has 0 aromatic heterocycles. The quantitative estimate of drug-likeness (QED) is 0.425. The summed E-state index contributed by atoms with van der Waals surface area (Å²) in [7, 11) is -1.83. The molecule has 0 heterocycles. The van der Waals surface area contributed by atoms with Crippen molar-refractivity contribution in [2.75, 3.05) is 20.8 Å². The van der Waals surface area contributed by atoms with Crippen molar-refractivity contribution in [1.29, 1.82) is 0 Å². The lowest BCUT2D eigenvalue weighted by Gasteiger charge is -2.17. The van der Waals surface area contributed by atoms with Crippen LogP contribution in [0.4, 0.5) is 0 Å². The maximum atomic E-state index is 9.95. The van der Waals surface area contributed by atoms with Crippen LogP contribution in [0.1, 0.15) is 85.0 Å². The number of phosphoric acid groups is 1. The summed E-state index contributed by atoms with van der Waals surface area (Å²) in [5.74, 6) is 0. The van der Waals surface area contributed by atoms with Crippen molar-refractivity contribution < 1.29 is 24.2 Å². The minimum absolute atomic E-state index is 0.536. The molecule has 0 fully saturated rings. The number of phosphoric ester groups is 1. The highest BCUT2D eigenvalue weighted by Gasteiger charge is 2.08. The molecular weight excluding hydrogens is 313 g/mol. The van der Waals surface area contributed by atoms with Gasteiger partial charge in [0.2, 0.25) is 0 Å². The fraction of sp³-hybridized carbons (Fsp3) is 1.00. The van der Waals surface area contributed by atoms with Crippen LogP contribution in [-0.2, 0) is 13.6 Å². The predicted molar refractivity (Wildman–Crippen MR) is 95.0 cm³/mol. The first kappa shape index (κ1) is 25.3. The number of hydrogen-bond donors (Lipinski definition) is 1. The van der Waals surface area contributed by atoms with E-state index in [1.165, 1.54) is 64.2 Å². The van der Waals surface area contributed by atoms with Crippen molar-refractivity contribution in [3.05, 3.63) is 0 Å². The first-order chi connectivity index (χ1) is 10.7. The van der Waals surface area contributed by atoms with Crippen molar-refractivity contribution in [3.8, 4) is 0 Å². The van der Waals surface area contributed by atoms with Gasteiger partial charge in [-0.25, -0.2) is 0 Å². The molecule has 0 aliphatic carbocycles. The first-order valence-corrected chi connectivity index (χ1v) is 10.4. The Morgan fingerprint density at radius 2 is 1.17 bits per heavy atom. The van der Waals surface area contributed by atoms with Crippen LogP contribution in [0.3, 0.4) is 0 Å². The van der Waals surface area contributed by atoms with E-state index in [0.717, 1.165) is 20.8 Å². The highest BCUT2D eigenvalue weighted by molar-refractivity contribution is 7.45. The number of rotatable bonds is 12. The Labute approximate surface area is 143 Å². The van der Waals surface area contributed by atoms with E-state index in [2.05, 4.69) is 35.6 Å². The second-order valence-corrected chi connectivity index (χ2v) is 8.78. The van der Waals surface area contributed by atoms with Crippen LogP contribution in [-0.4, -0.2) is 20.8 Å². The molecule has 0 spiro atoms. The van der Waals surface area contributed by atoms with Crippen LogP contribution in [0.15, 0.2) is 0 Å². The Balaban J connectivity index is 0. The van der Waals surface area contributed by atoms with E-state index in [4.69, 9.17) is 0 Å². The topological polar surface area (TPSA) is 86.2 Å². The second-order valence-electron chi connectivity index (χ2n) is 7.16. The molecule has 5 nitrogen and oxygen atoms in total. The van der Waals surface area contributed by atoms with Crippen molar-refractivity contribution >= 4 is 7.82 Å². The van der Waals surface area contributed by atoms with E-state index >= 15 is 0 Å². The lowest BCUT2D eigenvalue weighted by Crippen LogP contribution is -2.50. The summed E-state index contributed by atoms with van der Waals surface area (Å²) in [5, 5.41) is 0. The van der Waals surface area contributed by atoms with Crippen molar-refractivity contribution in [2.45, 2.75) is 85.0 Å². The van der Waals surface area contributed by atoms with E-state index in [-0.39, 0.29) is 0 Å². The fourth-order valence-corrected chi connectivity index (χ4v) is 2.29. The molecule has 23 heavy (non-hydrogen) atoms. The summed E-state index contributed by atoms with van der Waals surface area (Å²) in [6.07, 6.45) is 14.2. The average Bonchev–Trinajstić information content (AvgIpc) is 2.49. The summed E-state index contributed by atoms with van der Waals surface area (Å²) in [6.45, 7) is 8.15. The molecule has 0 aromatic rings. The van der Waals surface area contributed by atoms with Crippen molar-refractivity contribution in [3.63, 3.8) is 0 Å². The summed E-state index contributed by atoms with van der Waals surface area (Å²) >= 11 is 0. The Hall–Kier alpha value is 0.0700. The minimum Gasteiger partial charge on any atom is -0.756 e. The Kier molecular flexibility index (Phi) is 17.2. The molecule has 0 bridgehead atoms. The number of hydrogen-bond acceptors (Lipinski definition) is 4. The molecule has 142 valence electrons. The highest BCUT2D eigenvalue weighted by Crippen LogP contribution is 2.34. The van der Waals surface area contributed by atoms with E-state index in [0.29, 0.717) is 5.41 Å². The monoisotopic (exact) mass is 353 g/mol. The van der Waals surface area contributed by atoms with Crippen LogP contribution >= 0.6 is 7.82 Å². The van der Waals surface area contributed by atoms with Gasteiger partial charge in [-0.05, 0) is 24.7 Å². The summed E-state index contributed by atoms with van der Waals surface area (Å²) in [4.78, 5) is 9.95. The number of unbranched alkanes of at least 4 members (excludes halogenated alkanes) is 8. The van der Waals surface area contributed by atoms with Gasteiger partial charge >= 0.3 is 0 Å². The third-order valence-corrected chi connectivity index (χ3v) is 4.52. The summed E-state index contributed by atoms with van der Waals surface area (Å²) < 4.78 is 17.7. The molecule has 0 rings (SSSR count). The van der Waals surface area contributed by atoms with Crippen LogP contribution in [0.2, 0.25) is 0 Å². The van der Waals surface area contributed by atoms with Gasteiger partial charge in [-0.1, -0.05) is 65.7 Å². The molecule has 0 atom stereocenters. The third-order valence-electron chi connectivity index (χ3n) is 3.62. The van der Waals surface area contributed by atoms with Gasteiger partial charge in [-0.15, -0.1) is 0 Å². The number of quaternary nitrogens is 1. The standard InChI is InChI=1S/C15H33N.C2H7O4P/c1-15(2,3)13-11-9-7-5-4-6-8-10-12-14-16;1-5-7(3,4)6-2/h4-14,16H2,1-3H3;1-2H3,(H,3,4). The van der Waals surface area contributed by atoms with Gasteiger partial charge in [0.25, 0.3) is 7.82 Å². The highest BCUT2D eigenvalue weighted by atomic mass is 31.2. The second kappa shape index (κ2) is 15.6. The van der Waals surface area contributed by atoms with Crippen molar-refractivity contribution in [1.82, 2.24) is 0 Å². The zero-order valence-corrected chi connectivity index (χ0v) is 17.0. The largest absolute Gasteiger partial charge is 0.756 e. The molecule has 6 heteroatoms. The van der Waals surface area contributed by atoms with Crippen LogP contribution < -0.4 is 10.6 Å². The van der Waals surface area contributed by atoms with Crippen LogP contribution in [0.25, 0.3) is 0 Å². The molecule has 0 aliphatic heterocycles. The van der Waals surface area contributed by atoms with Crippen molar-refractivity contribution in [2.24, 2.45) is 5.41 Å². The van der Waals surface area contributed by atoms with Gasteiger partial charge < -0.3 is 19.7 Å². The average molecular weight is 353 g/mol. The van der Waals surface area contributed by atoms with Crippen LogP contribution in [0.5, 0.6) is 0 Å².